The summed E-state index contributed by atoms with van der Waals surface area (Å²) in [5.41, 5.74) is -0.0676. The van der Waals surface area contributed by atoms with Crippen LogP contribution >= 0.6 is 25.5 Å². The molecule has 1 N–H and O–H groups in total. The number of hydrogen-bond donors (Lipinski definition) is 3. The van der Waals surface area contributed by atoms with Gasteiger partial charge in [0.1, 0.15) is 5.44 Å². The van der Waals surface area contributed by atoms with Gasteiger partial charge in [0, 0.05) is 6.61 Å². The number of thiol groups is 2. The summed E-state index contributed by atoms with van der Waals surface area (Å²) in [5.74, 6) is 0. The average Bonchev–Trinajstić information content (AvgIpc) is 1.98. The van der Waals surface area contributed by atoms with Gasteiger partial charge in [-0.05, 0) is 32.2 Å². The molecule has 0 saturated carbocycles. The second kappa shape index (κ2) is 7.72. The van der Waals surface area contributed by atoms with E-state index in [4.69, 9.17) is 5.11 Å². The number of hydrogen-bond acceptors (Lipinski definition) is 4. The van der Waals surface area contributed by atoms with E-state index in [1.54, 1.807) is 0 Å². The summed E-state index contributed by atoms with van der Waals surface area (Å²) in [7, 11) is 0. The van der Waals surface area contributed by atoms with Crippen molar-refractivity contribution in [3.63, 3.8) is 0 Å². The zero-order valence-corrected chi connectivity index (χ0v) is 7.65. The van der Waals surface area contributed by atoms with Crippen LogP contribution in [0, 0.1) is 0 Å². The van der Waals surface area contributed by atoms with Crippen LogP contribution in [0.15, 0.2) is 0 Å². The number of aliphatic hydroxyl groups is 1. The minimum absolute atomic E-state index is 0.0676. The highest BCUT2D eigenvalue weighted by atomic mass is 32.1. The Kier molecular flexibility index (Phi) is 8.20. The maximum atomic E-state index is 8.42. The molecule has 0 aliphatic heterocycles. The molecule has 4 heteroatoms. The first-order chi connectivity index (χ1) is 4.81. The van der Waals surface area contributed by atoms with Crippen LogP contribution in [0.5, 0.6) is 0 Å². The molecule has 0 aromatic carbocycles. The van der Waals surface area contributed by atoms with Crippen molar-refractivity contribution in [2.24, 2.45) is 0 Å². The third-order valence-corrected chi connectivity index (χ3v) is 2.02. The summed E-state index contributed by atoms with van der Waals surface area (Å²) < 4.78 is 4.63. The molecule has 0 aromatic heterocycles. The molecule has 0 bridgehead atoms. The first-order valence-corrected chi connectivity index (χ1v) is 4.28. The molecule has 0 saturated heterocycles. The number of rotatable bonds is 6. The van der Waals surface area contributed by atoms with Gasteiger partial charge in [0.25, 0.3) is 0 Å². The predicted molar refractivity (Wildman–Crippen MR) is 48.4 cm³/mol. The van der Waals surface area contributed by atoms with Gasteiger partial charge in [-0.2, -0.15) is 0 Å². The SMILES string of the molecule is OCCCCCC(S)OS. The van der Waals surface area contributed by atoms with Crippen molar-refractivity contribution in [3.8, 4) is 0 Å². The Balaban J connectivity index is 2.89. The Morgan fingerprint density at radius 3 is 2.50 bits per heavy atom. The van der Waals surface area contributed by atoms with Crippen molar-refractivity contribution in [3.05, 3.63) is 0 Å². The molecule has 0 aliphatic carbocycles. The molecule has 0 amide bonds. The Labute approximate surface area is 73.0 Å². The summed E-state index contributed by atoms with van der Waals surface area (Å²) in [6.07, 6.45) is 3.83. The summed E-state index contributed by atoms with van der Waals surface area (Å²) >= 11 is 7.69. The minimum Gasteiger partial charge on any atom is -0.396 e. The van der Waals surface area contributed by atoms with E-state index in [0.717, 1.165) is 25.7 Å². The quantitative estimate of drug-likeness (QED) is 0.252. The van der Waals surface area contributed by atoms with Crippen molar-refractivity contribution in [1.29, 1.82) is 0 Å². The first-order valence-electron chi connectivity index (χ1n) is 3.40. The maximum absolute atomic E-state index is 8.42. The lowest BCUT2D eigenvalue weighted by molar-refractivity contribution is 0.276. The van der Waals surface area contributed by atoms with E-state index < -0.39 is 0 Å². The second-order valence-electron chi connectivity index (χ2n) is 2.13. The third kappa shape index (κ3) is 6.74. The van der Waals surface area contributed by atoms with Crippen LogP contribution in [0.4, 0.5) is 0 Å². The molecule has 10 heavy (non-hydrogen) atoms. The standard InChI is InChI=1S/C6H14O2S2/c7-5-3-1-2-4-6(9)8-10/h6-7,9-10H,1-5H2. The third-order valence-electron chi connectivity index (χ3n) is 1.23. The summed E-state index contributed by atoms with van der Waals surface area (Å²) in [6.45, 7) is 0.277. The van der Waals surface area contributed by atoms with Crippen molar-refractivity contribution in [2.75, 3.05) is 6.61 Å². The van der Waals surface area contributed by atoms with Gasteiger partial charge in [-0.1, -0.05) is 6.42 Å². The highest BCUT2D eigenvalue weighted by Crippen LogP contribution is 2.10. The Hall–Kier alpha value is 0.620. The topological polar surface area (TPSA) is 29.5 Å². The highest BCUT2D eigenvalue weighted by molar-refractivity contribution is 7.82. The molecule has 0 fully saturated rings. The van der Waals surface area contributed by atoms with Gasteiger partial charge in [-0.3, -0.25) is 0 Å². The molecule has 0 heterocycles. The number of aliphatic hydroxyl groups excluding tert-OH is 1. The summed E-state index contributed by atoms with van der Waals surface area (Å²) in [4.78, 5) is 0. The van der Waals surface area contributed by atoms with E-state index in [1.807, 2.05) is 0 Å². The molecule has 1 atom stereocenters. The lowest BCUT2D eigenvalue weighted by atomic mass is 10.2. The molecule has 0 rings (SSSR count). The fourth-order valence-electron chi connectivity index (χ4n) is 0.660. The largest absolute Gasteiger partial charge is 0.396 e. The van der Waals surface area contributed by atoms with Gasteiger partial charge in [0.2, 0.25) is 0 Å². The molecule has 62 valence electrons. The molecule has 0 aliphatic rings. The normalized spacial score (nSPS) is 13.5. The lowest BCUT2D eigenvalue weighted by Crippen LogP contribution is -1.97. The van der Waals surface area contributed by atoms with Crippen molar-refractivity contribution in [2.45, 2.75) is 31.1 Å². The molecule has 0 aromatic rings. The summed E-state index contributed by atoms with van der Waals surface area (Å²) in [5, 5.41) is 8.42. The smallest absolute Gasteiger partial charge is 0.114 e. The van der Waals surface area contributed by atoms with Crippen LogP contribution in [-0.4, -0.2) is 17.1 Å². The summed E-state index contributed by atoms with van der Waals surface area (Å²) in [6, 6.07) is 0. The van der Waals surface area contributed by atoms with E-state index in [-0.39, 0.29) is 12.0 Å². The van der Waals surface area contributed by atoms with Gasteiger partial charge in [-0.15, -0.1) is 12.6 Å². The Morgan fingerprint density at radius 1 is 1.30 bits per heavy atom. The van der Waals surface area contributed by atoms with E-state index in [0.29, 0.717) is 0 Å². The molecular formula is C6H14O2S2. The monoisotopic (exact) mass is 182 g/mol. The predicted octanol–water partition coefficient (Wildman–Crippen LogP) is 1.66. The average molecular weight is 182 g/mol. The van der Waals surface area contributed by atoms with Gasteiger partial charge in [-0.25, -0.2) is 0 Å². The van der Waals surface area contributed by atoms with E-state index >= 15 is 0 Å². The van der Waals surface area contributed by atoms with Crippen molar-refractivity contribution in [1.82, 2.24) is 0 Å². The molecule has 0 spiro atoms. The van der Waals surface area contributed by atoms with Crippen LogP contribution in [-0.2, 0) is 4.18 Å². The van der Waals surface area contributed by atoms with Crippen LogP contribution < -0.4 is 0 Å². The van der Waals surface area contributed by atoms with E-state index in [2.05, 4.69) is 29.7 Å². The van der Waals surface area contributed by atoms with Crippen LogP contribution in [0.3, 0.4) is 0 Å². The molecule has 0 radical (unpaired) electrons. The number of unbranched alkanes of at least 4 members (excludes halogenated alkanes) is 2. The molecule has 2 nitrogen and oxygen atoms in total. The van der Waals surface area contributed by atoms with Gasteiger partial charge in [0.05, 0.1) is 0 Å². The maximum Gasteiger partial charge on any atom is 0.114 e. The Morgan fingerprint density at radius 2 is 2.00 bits per heavy atom. The van der Waals surface area contributed by atoms with E-state index in [1.165, 1.54) is 0 Å². The van der Waals surface area contributed by atoms with E-state index in [9.17, 15) is 0 Å². The zero-order valence-electron chi connectivity index (χ0n) is 5.86. The second-order valence-corrected chi connectivity index (χ2v) is 2.92. The lowest BCUT2D eigenvalue weighted by Gasteiger charge is -2.05. The minimum atomic E-state index is -0.0676. The first kappa shape index (κ1) is 10.6. The fraction of sp³-hybridized carbons (Fsp3) is 1.00. The van der Waals surface area contributed by atoms with Crippen LogP contribution in [0.2, 0.25) is 0 Å². The van der Waals surface area contributed by atoms with Gasteiger partial charge >= 0.3 is 0 Å². The zero-order chi connectivity index (χ0) is 7.82. The van der Waals surface area contributed by atoms with Gasteiger partial charge in [0.15, 0.2) is 0 Å². The Bertz CT molecular complexity index is 70.8. The molecule has 1 unspecified atom stereocenters. The van der Waals surface area contributed by atoms with Crippen LogP contribution in [0.1, 0.15) is 25.7 Å². The van der Waals surface area contributed by atoms with Crippen LogP contribution in [0.25, 0.3) is 0 Å². The van der Waals surface area contributed by atoms with Crippen molar-refractivity contribution < 1.29 is 9.29 Å². The van der Waals surface area contributed by atoms with Crippen molar-refractivity contribution >= 4 is 25.5 Å². The highest BCUT2D eigenvalue weighted by Gasteiger charge is 1.98. The molecular weight excluding hydrogens is 168 g/mol. The fourth-order valence-corrected chi connectivity index (χ4v) is 0.948. The van der Waals surface area contributed by atoms with Gasteiger partial charge < -0.3 is 9.29 Å².